The van der Waals surface area contributed by atoms with E-state index in [1.54, 1.807) is 12.1 Å². The Balaban J connectivity index is 2.34. The molecule has 0 aliphatic carbocycles. The van der Waals surface area contributed by atoms with Crippen LogP contribution in [0.4, 0.5) is 4.39 Å². The van der Waals surface area contributed by atoms with Gasteiger partial charge < -0.3 is 5.32 Å². The molecule has 0 saturated carbocycles. The summed E-state index contributed by atoms with van der Waals surface area (Å²) in [6, 6.07) is 10.1. The molecule has 1 unspecified atom stereocenters. The molecule has 0 saturated heterocycles. The lowest BCUT2D eigenvalue weighted by Gasteiger charge is -2.19. The van der Waals surface area contributed by atoms with Gasteiger partial charge in [0.25, 0.3) is 0 Å². The summed E-state index contributed by atoms with van der Waals surface area (Å²) in [5.41, 5.74) is 1.78. The first-order valence-corrected chi connectivity index (χ1v) is 7.63. The molecule has 2 rings (SSSR count). The molecule has 2 aromatic rings. The van der Waals surface area contributed by atoms with E-state index in [9.17, 15) is 4.39 Å². The van der Waals surface area contributed by atoms with E-state index in [2.05, 4.69) is 21.2 Å². The second-order valence-corrected chi connectivity index (χ2v) is 6.06. The molecule has 0 amide bonds. The van der Waals surface area contributed by atoms with Crippen LogP contribution >= 0.6 is 39.1 Å². The molecule has 0 bridgehead atoms. The highest BCUT2D eigenvalue weighted by atomic mass is 79.9. The molecular weight excluding hydrogens is 364 g/mol. The van der Waals surface area contributed by atoms with Crippen LogP contribution in [0.5, 0.6) is 0 Å². The van der Waals surface area contributed by atoms with Crippen molar-refractivity contribution in [1.82, 2.24) is 5.32 Å². The van der Waals surface area contributed by atoms with Gasteiger partial charge in [0, 0.05) is 10.5 Å². The molecule has 1 nitrogen and oxygen atoms in total. The Morgan fingerprint density at radius 3 is 2.70 bits per heavy atom. The molecule has 1 N–H and O–H groups in total. The molecular formula is C15H13BrCl2FN. The molecule has 0 aliphatic heterocycles. The zero-order chi connectivity index (χ0) is 14.7. The van der Waals surface area contributed by atoms with Crippen LogP contribution in [0.1, 0.15) is 17.2 Å². The topological polar surface area (TPSA) is 12.0 Å². The SMILES string of the molecule is CNC(Cc1cc(F)ccc1Br)c1cccc(Cl)c1Cl. The maximum atomic E-state index is 13.4. The van der Waals surface area contributed by atoms with Crippen molar-refractivity contribution in [3.8, 4) is 0 Å². The lowest BCUT2D eigenvalue weighted by molar-refractivity contribution is 0.583. The van der Waals surface area contributed by atoms with E-state index in [1.165, 1.54) is 12.1 Å². The third-order valence-corrected chi connectivity index (χ3v) is 4.74. The molecule has 0 spiro atoms. The summed E-state index contributed by atoms with van der Waals surface area (Å²) in [7, 11) is 1.84. The first-order chi connectivity index (χ1) is 9.52. The maximum absolute atomic E-state index is 13.4. The van der Waals surface area contributed by atoms with Crippen LogP contribution in [-0.2, 0) is 6.42 Å². The van der Waals surface area contributed by atoms with Crippen LogP contribution in [0, 0.1) is 5.82 Å². The first-order valence-electron chi connectivity index (χ1n) is 6.08. The molecule has 1 atom stereocenters. The van der Waals surface area contributed by atoms with Crippen LogP contribution in [-0.4, -0.2) is 7.05 Å². The highest BCUT2D eigenvalue weighted by Crippen LogP contribution is 2.32. The van der Waals surface area contributed by atoms with Gasteiger partial charge in [-0.3, -0.25) is 0 Å². The smallest absolute Gasteiger partial charge is 0.123 e. The number of nitrogens with one attached hydrogen (secondary N) is 1. The lowest BCUT2D eigenvalue weighted by atomic mass is 9.99. The fraction of sp³-hybridized carbons (Fsp3) is 0.200. The number of hydrogen-bond acceptors (Lipinski definition) is 1. The van der Waals surface area contributed by atoms with Gasteiger partial charge in [-0.2, -0.15) is 0 Å². The van der Waals surface area contributed by atoms with Gasteiger partial charge in [0.05, 0.1) is 10.0 Å². The van der Waals surface area contributed by atoms with Crippen LogP contribution in [0.3, 0.4) is 0 Å². The van der Waals surface area contributed by atoms with E-state index in [1.807, 2.05) is 19.2 Å². The Bertz CT molecular complexity index is 619. The minimum atomic E-state index is -0.254. The minimum Gasteiger partial charge on any atom is -0.313 e. The summed E-state index contributed by atoms with van der Waals surface area (Å²) >= 11 is 15.7. The van der Waals surface area contributed by atoms with Crippen molar-refractivity contribution >= 4 is 39.1 Å². The summed E-state index contributed by atoms with van der Waals surface area (Å²) in [4.78, 5) is 0. The standard InChI is InChI=1S/C15H13BrCl2FN/c1-20-14(11-3-2-4-13(17)15(11)18)8-9-7-10(19)5-6-12(9)16/h2-7,14,20H,8H2,1H3. The zero-order valence-electron chi connectivity index (χ0n) is 10.8. The summed E-state index contributed by atoms with van der Waals surface area (Å²) < 4.78 is 14.2. The van der Waals surface area contributed by atoms with Crippen molar-refractivity contribution in [3.05, 3.63) is 67.9 Å². The summed E-state index contributed by atoms with van der Waals surface area (Å²) in [5.74, 6) is -0.254. The summed E-state index contributed by atoms with van der Waals surface area (Å²) in [5, 5.41) is 4.24. The van der Waals surface area contributed by atoms with Gasteiger partial charge in [-0.05, 0) is 48.9 Å². The fourth-order valence-electron chi connectivity index (χ4n) is 2.08. The molecule has 0 aliphatic rings. The van der Waals surface area contributed by atoms with Crippen molar-refractivity contribution in [2.24, 2.45) is 0 Å². The molecule has 106 valence electrons. The molecule has 0 heterocycles. The quantitative estimate of drug-likeness (QED) is 0.753. The van der Waals surface area contributed by atoms with Crippen LogP contribution < -0.4 is 5.32 Å². The van der Waals surface area contributed by atoms with Crippen molar-refractivity contribution in [1.29, 1.82) is 0 Å². The Labute approximate surface area is 136 Å². The van der Waals surface area contributed by atoms with Crippen LogP contribution in [0.25, 0.3) is 0 Å². The highest BCUT2D eigenvalue weighted by Gasteiger charge is 2.16. The van der Waals surface area contributed by atoms with Gasteiger partial charge >= 0.3 is 0 Å². The third kappa shape index (κ3) is 3.53. The van der Waals surface area contributed by atoms with E-state index in [4.69, 9.17) is 23.2 Å². The Morgan fingerprint density at radius 1 is 1.25 bits per heavy atom. The van der Waals surface area contributed by atoms with Crippen LogP contribution in [0.2, 0.25) is 10.0 Å². The van der Waals surface area contributed by atoms with Gasteiger partial charge in [-0.15, -0.1) is 0 Å². The van der Waals surface area contributed by atoms with Gasteiger partial charge in [-0.1, -0.05) is 51.3 Å². The van der Waals surface area contributed by atoms with E-state index >= 15 is 0 Å². The third-order valence-electron chi connectivity index (χ3n) is 3.14. The largest absolute Gasteiger partial charge is 0.313 e. The first kappa shape index (κ1) is 15.8. The van der Waals surface area contributed by atoms with Crippen molar-refractivity contribution in [2.45, 2.75) is 12.5 Å². The molecule has 0 fully saturated rings. The van der Waals surface area contributed by atoms with Gasteiger partial charge in [-0.25, -0.2) is 4.39 Å². The van der Waals surface area contributed by atoms with Gasteiger partial charge in [0.1, 0.15) is 5.82 Å². The Kier molecular flexibility index (Phi) is 5.44. The Morgan fingerprint density at radius 2 is 2.00 bits per heavy atom. The molecule has 0 aromatic heterocycles. The average molecular weight is 377 g/mol. The second kappa shape index (κ2) is 6.90. The minimum absolute atomic E-state index is 0.0423. The second-order valence-electron chi connectivity index (χ2n) is 4.42. The average Bonchev–Trinajstić information content (AvgIpc) is 2.43. The molecule has 5 heteroatoms. The van der Waals surface area contributed by atoms with E-state index < -0.39 is 0 Å². The predicted octanol–water partition coefficient (Wildman–Crippen LogP) is 5.40. The maximum Gasteiger partial charge on any atom is 0.123 e. The molecule has 0 radical (unpaired) electrons. The molecule has 20 heavy (non-hydrogen) atoms. The van der Waals surface area contributed by atoms with E-state index in [0.29, 0.717) is 16.5 Å². The summed E-state index contributed by atoms with van der Waals surface area (Å²) in [6.07, 6.45) is 0.606. The highest BCUT2D eigenvalue weighted by molar-refractivity contribution is 9.10. The number of likely N-dealkylation sites (N-methyl/N-ethyl adjacent to an activating group) is 1. The van der Waals surface area contributed by atoms with Gasteiger partial charge in [0.15, 0.2) is 0 Å². The normalized spacial score (nSPS) is 12.4. The van der Waals surface area contributed by atoms with Crippen molar-refractivity contribution in [2.75, 3.05) is 7.05 Å². The zero-order valence-corrected chi connectivity index (χ0v) is 13.9. The molecule has 2 aromatic carbocycles. The monoisotopic (exact) mass is 375 g/mol. The number of hydrogen-bond donors (Lipinski definition) is 1. The fourth-order valence-corrected chi connectivity index (χ4v) is 2.92. The van der Waals surface area contributed by atoms with E-state index in [-0.39, 0.29) is 11.9 Å². The number of benzene rings is 2. The van der Waals surface area contributed by atoms with Crippen LogP contribution in [0.15, 0.2) is 40.9 Å². The van der Waals surface area contributed by atoms with E-state index in [0.717, 1.165) is 15.6 Å². The predicted molar refractivity (Wildman–Crippen MR) is 86.1 cm³/mol. The van der Waals surface area contributed by atoms with Crippen molar-refractivity contribution in [3.63, 3.8) is 0 Å². The Hall–Kier alpha value is -0.610. The summed E-state index contributed by atoms with van der Waals surface area (Å²) in [6.45, 7) is 0. The van der Waals surface area contributed by atoms with Crippen molar-refractivity contribution < 1.29 is 4.39 Å². The lowest BCUT2D eigenvalue weighted by Crippen LogP contribution is -2.19. The number of rotatable bonds is 4. The van der Waals surface area contributed by atoms with Gasteiger partial charge in [0.2, 0.25) is 0 Å². The number of halogens is 4.